The Labute approximate surface area is 218 Å². The first-order valence-electron chi connectivity index (χ1n) is 11.8. The Bertz CT molecular complexity index is 1260. The number of para-hydroxylation sites is 1. The number of aromatic nitrogens is 1. The number of hydrogen-bond acceptors (Lipinski definition) is 7. The van der Waals surface area contributed by atoms with Crippen LogP contribution in [0.15, 0.2) is 48.5 Å². The lowest BCUT2D eigenvalue weighted by Crippen LogP contribution is -2.44. The van der Waals surface area contributed by atoms with Crippen molar-refractivity contribution in [2.24, 2.45) is 11.7 Å². The highest BCUT2D eigenvalue weighted by atomic mass is 32.1. The zero-order chi connectivity index (χ0) is 27.1. The van der Waals surface area contributed by atoms with Crippen molar-refractivity contribution in [2.75, 3.05) is 23.8 Å². The van der Waals surface area contributed by atoms with E-state index < -0.39 is 29.6 Å². The molecule has 1 heterocycles. The van der Waals surface area contributed by atoms with Crippen molar-refractivity contribution >= 4 is 40.6 Å². The number of halogens is 1. The van der Waals surface area contributed by atoms with Gasteiger partial charge in [-0.1, -0.05) is 38.1 Å². The Morgan fingerprint density at radius 1 is 1.14 bits per heavy atom. The van der Waals surface area contributed by atoms with Crippen LogP contribution in [0, 0.1) is 11.7 Å². The summed E-state index contributed by atoms with van der Waals surface area (Å²) >= 11 is 0.655. The van der Waals surface area contributed by atoms with Gasteiger partial charge in [0, 0.05) is 6.54 Å². The summed E-state index contributed by atoms with van der Waals surface area (Å²) in [7, 11) is 0. The predicted octanol–water partition coefficient (Wildman–Crippen LogP) is 3.91. The van der Waals surface area contributed by atoms with Crippen LogP contribution in [0.1, 0.15) is 59.0 Å². The zero-order valence-electron chi connectivity index (χ0n) is 20.9. The lowest BCUT2D eigenvalue weighted by Gasteiger charge is -2.31. The van der Waals surface area contributed by atoms with Crippen LogP contribution in [-0.4, -0.2) is 35.2 Å². The van der Waals surface area contributed by atoms with Crippen LogP contribution < -0.4 is 26.4 Å². The number of nitrogens with zero attached hydrogens (tertiary/aromatic N) is 2. The Morgan fingerprint density at radius 3 is 2.38 bits per heavy atom. The summed E-state index contributed by atoms with van der Waals surface area (Å²) < 4.78 is 24.6. The van der Waals surface area contributed by atoms with Gasteiger partial charge < -0.3 is 21.5 Å². The molecule has 9 nitrogen and oxygen atoms in total. The van der Waals surface area contributed by atoms with E-state index in [2.05, 4.69) is 9.69 Å². The fraction of sp³-hybridized carbons (Fsp3) is 0.308. The molecule has 5 N–H and O–H groups in total. The molecule has 1 aromatic heterocycles. The number of hydrogen-bond donors (Lipinski definition) is 3. The van der Waals surface area contributed by atoms with E-state index in [0.29, 0.717) is 48.3 Å². The molecule has 0 spiro atoms. The highest BCUT2D eigenvalue weighted by molar-refractivity contribution is 7.09. The molecule has 3 aromatic rings. The van der Waals surface area contributed by atoms with Crippen LogP contribution in [0.2, 0.25) is 0 Å². The number of carbonyl (C=O) groups is 3. The maximum absolute atomic E-state index is 15.1. The first-order chi connectivity index (χ1) is 17.6. The fourth-order valence-electron chi connectivity index (χ4n) is 3.66. The minimum absolute atomic E-state index is 0.136. The van der Waals surface area contributed by atoms with Crippen LogP contribution in [-0.2, 0) is 4.79 Å². The molecule has 0 aliphatic carbocycles. The molecule has 0 bridgehead atoms. The quantitative estimate of drug-likeness (QED) is 0.345. The molecule has 0 fully saturated rings. The monoisotopic (exact) mass is 527 g/mol. The average Bonchev–Trinajstić information content (AvgIpc) is 3.25. The molecule has 196 valence electrons. The fourth-order valence-corrected chi connectivity index (χ4v) is 4.41. The van der Waals surface area contributed by atoms with Gasteiger partial charge in [0.15, 0.2) is 5.69 Å². The Hall–Kier alpha value is -3.99. The summed E-state index contributed by atoms with van der Waals surface area (Å²) in [6, 6.07) is 11.0. The Balaban J connectivity index is 2.16. The highest BCUT2D eigenvalue weighted by Gasteiger charge is 2.37. The number of nitrogens with two attached hydrogens (primary N) is 2. The Morgan fingerprint density at radius 2 is 1.81 bits per heavy atom. The normalized spacial score (nSPS) is 11.7. The van der Waals surface area contributed by atoms with Gasteiger partial charge in [-0.2, -0.15) is 4.37 Å². The second kappa shape index (κ2) is 12.3. The van der Waals surface area contributed by atoms with E-state index in [1.165, 1.54) is 18.2 Å². The van der Waals surface area contributed by atoms with E-state index in [4.69, 9.17) is 16.2 Å². The Kier molecular flexibility index (Phi) is 9.18. The van der Waals surface area contributed by atoms with Gasteiger partial charge in [0.05, 0.1) is 18.0 Å². The second-order valence-corrected chi connectivity index (χ2v) is 9.42. The van der Waals surface area contributed by atoms with E-state index in [-0.39, 0.29) is 21.9 Å². The van der Waals surface area contributed by atoms with E-state index in [1.807, 2.05) is 20.8 Å². The van der Waals surface area contributed by atoms with E-state index in [9.17, 15) is 14.4 Å². The lowest BCUT2D eigenvalue weighted by molar-refractivity contribution is -0.122. The molecule has 0 aliphatic rings. The molecule has 11 heteroatoms. The van der Waals surface area contributed by atoms with Crippen molar-refractivity contribution in [1.29, 1.82) is 0 Å². The summed E-state index contributed by atoms with van der Waals surface area (Å²) in [5, 5.41) is 2.86. The number of benzene rings is 2. The first kappa shape index (κ1) is 27.6. The number of rotatable bonds is 11. The van der Waals surface area contributed by atoms with Gasteiger partial charge in [-0.25, -0.2) is 4.39 Å². The van der Waals surface area contributed by atoms with Crippen LogP contribution >= 0.6 is 11.5 Å². The van der Waals surface area contributed by atoms with Crippen LogP contribution in [0.25, 0.3) is 0 Å². The molecule has 0 aliphatic heterocycles. The zero-order valence-corrected chi connectivity index (χ0v) is 21.7. The standard InChI is InChI=1S/C26H30FN5O4S/c1-4-36-17-11-9-16(10-12-17)22(25(34)30-14-13-15(2)3)32(19-8-6-5-7-18(19)27)26(35)23-20(28)21(24(29)33)31-37-23/h5-12,15,22H,4,13-14,28H2,1-3H3,(H2,29,33)(H,30,34)/t22-/m0/s1. The maximum atomic E-state index is 15.1. The van der Waals surface area contributed by atoms with Crippen LogP contribution in [0.3, 0.4) is 0 Å². The van der Waals surface area contributed by atoms with Crippen LogP contribution in [0.4, 0.5) is 15.8 Å². The maximum Gasteiger partial charge on any atom is 0.273 e. The molecule has 0 saturated heterocycles. The molecule has 37 heavy (non-hydrogen) atoms. The van der Waals surface area contributed by atoms with Crippen molar-refractivity contribution < 1.29 is 23.5 Å². The van der Waals surface area contributed by atoms with Gasteiger partial charge in [0.25, 0.3) is 11.8 Å². The van der Waals surface area contributed by atoms with Crippen molar-refractivity contribution in [3.05, 3.63) is 70.5 Å². The van der Waals surface area contributed by atoms with Gasteiger partial charge in [0.2, 0.25) is 5.91 Å². The number of anilines is 2. The topological polar surface area (TPSA) is 141 Å². The molecular formula is C26H30FN5O4S. The number of amides is 3. The molecule has 3 rings (SSSR count). The van der Waals surface area contributed by atoms with Gasteiger partial charge in [0.1, 0.15) is 22.5 Å². The second-order valence-electron chi connectivity index (χ2n) is 8.64. The number of nitrogens with one attached hydrogen (secondary N) is 1. The molecule has 0 unspecified atom stereocenters. The van der Waals surface area contributed by atoms with Gasteiger partial charge >= 0.3 is 0 Å². The summed E-state index contributed by atoms with van der Waals surface area (Å²) in [6.45, 7) is 6.70. The van der Waals surface area contributed by atoms with Gasteiger partial charge in [-0.3, -0.25) is 19.3 Å². The summed E-state index contributed by atoms with van der Waals surface area (Å²) in [6.07, 6.45) is 0.707. The van der Waals surface area contributed by atoms with E-state index in [1.54, 1.807) is 30.3 Å². The number of primary amides is 1. The van der Waals surface area contributed by atoms with Crippen molar-refractivity contribution in [2.45, 2.75) is 33.2 Å². The molecule has 3 amide bonds. The summed E-state index contributed by atoms with van der Waals surface area (Å²) in [4.78, 5) is 40.1. The smallest absolute Gasteiger partial charge is 0.273 e. The van der Waals surface area contributed by atoms with Crippen molar-refractivity contribution in [3.63, 3.8) is 0 Å². The first-order valence-corrected chi connectivity index (χ1v) is 12.6. The van der Waals surface area contributed by atoms with Crippen LogP contribution in [0.5, 0.6) is 5.75 Å². The third-order valence-corrected chi connectivity index (χ3v) is 6.37. The third kappa shape index (κ3) is 6.42. The van der Waals surface area contributed by atoms with E-state index in [0.717, 1.165) is 4.90 Å². The highest BCUT2D eigenvalue weighted by Crippen LogP contribution is 2.35. The molecule has 2 aromatic carbocycles. The van der Waals surface area contributed by atoms with E-state index >= 15 is 4.39 Å². The molecule has 0 radical (unpaired) electrons. The minimum atomic E-state index is -1.27. The third-order valence-electron chi connectivity index (χ3n) is 5.52. The number of nitrogen functional groups attached to an aromatic ring is 1. The van der Waals surface area contributed by atoms with Gasteiger partial charge in [-0.05, 0) is 60.6 Å². The van der Waals surface area contributed by atoms with Crippen molar-refractivity contribution in [1.82, 2.24) is 9.69 Å². The SMILES string of the molecule is CCOc1ccc([C@@H](C(=O)NCCC(C)C)N(C(=O)c2snc(C(N)=O)c2N)c2ccccc2F)cc1. The average molecular weight is 528 g/mol. The van der Waals surface area contributed by atoms with Crippen molar-refractivity contribution in [3.8, 4) is 5.75 Å². The largest absolute Gasteiger partial charge is 0.494 e. The predicted molar refractivity (Wildman–Crippen MR) is 141 cm³/mol. The number of ether oxygens (including phenoxy) is 1. The molecule has 0 saturated carbocycles. The minimum Gasteiger partial charge on any atom is -0.494 e. The summed E-state index contributed by atoms with van der Waals surface area (Å²) in [5.41, 5.74) is 11.1. The molecule has 1 atom stereocenters. The van der Waals surface area contributed by atoms with Gasteiger partial charge in [-0.15, -0.1) is 0 Å². The number of carbonyl (C=O) groups excluding carboxylic acids is 3. The summed E-state index contributed by atoms with van der Waals surface area (Å²) in [5.74, 6) is -2.03. The lowest BCUT2D eigenvalue weighted by atomic mass is 10.0. The molecular weight excluding hydrogens is 497 g/mol.